The van der Waals surface area contributed by atoms with Crippen molar-refractivity contribution in [2.45, 2.75) is 39.7 Å². The van der Waals surface area contributed by atoms with E-state index < -0.39 is 5.60 Å². The largest absolute Gasteiger partial charge is 0.444 e. The van der Waals surface area contributed by atoms with Gasteiger partial charge in [0, 0.05) is 25.8 Å². The molecular weight excluding hydrogens is 266 g/mol. The number of anilines is 1. The molecule has 5 heteroatoms. The number of carbonyl (C=O) groups is 1. The number of ether oxygens (including phenoxy) is 1. The Bertz CT molecular complexity index is 479. The first-order valence-electron chi connectivity index (χ1n) is 7.48. The van der Waals surface area contributed by atoms with Crippen LogP contribution in [0, 0.1) is 12.8 Å². The van der Waals surface area contributed by atoms with Crippen LogP contribution in [0.1, 0.15) is 32.8 Å². The number of rotatable bonds is 3. The van der Waals surface area contributed by atoms with Crippen LogP contribution >= 0.6 is 0 Å². The third-order valence-electron chi connectivity index (χ3n) is 3.44. The number of carbonyl (C=O) groups excluding carboxylic acids is 1. The van der Waals surface area contributed by atoms with E-state index in [0.717, 1.165) is 25.3 Å². The molecule has 116 valence electrons. The lowest BCUT2D eigenvalue weighted by atomic mass is 10.1. The number of aryl methyl sites for hydroxylation is 1. The fraction of sp³-hybridized carbons (Fsp3) is 0.625. The molecule has 1 saturated heterocycles. The zero-order valence-electron chi connectivity index (χ0n) is 13.3. The minimum Gasteiger partial charge on any atom is -0.444 e. The topological polar surface area (TPSA) is 54.5 Å². The molecule has 0 bridgehead atoms. The third-order valence-corrected chi connectivity index (χ3v) is 3.44. The predicted octanol–water partition coefficient (Wildman–Crippen LogP) is 2.74. The van der Waals surface area contributed by atoms with Gasteiger partial charge in [-0.3, -0.25) is 0 Å². The van der Waals surface area contributed by atoms with Crippen molar-refractivity contribution in [2.75, 3.05) is 24.5 Å². The number of hydrogen-bond acceptors (Lipinski definition) is 4. The molecule has 0 aliphatic carbocycles. The summed E-state index contributed by atoms with van der Waals surface area (Å²) in [5.41, 5.74) is 0.721. The molecule has 1 N–H and O–H groups in total. The minimum atomic E-state index is -0.447. The second-order valence-corrected chi connectivity index (χ2v) is 6.68. The van der Waals surface area contributed by atoms with Crippen LogP contribution in [0.3, 0.4) is 0 Å². The van der Waals surface area contributed by atoms with Crippen LogP contribution in [0.5, 0.6) is 0 Å². The van der Waals surface area contributed by atoms with Crippen LogP contribution in [0.4, 0.5) is 10.6 Å². The molecule has 2 rings (SSSR count). The molecule has 0 unspecified atom stereocenters. The summed E-state index contributed by atoms with van der Waals surface area (Å²) in [4.78, 5) is 18.4. The van der Waals surface area contributed by atoms with Crippen LogP contribution in [-0.2, 0) is 4.74 Å². The Kier molecular flexibility index (Phi) is 4.70. The van der Waals surface area contributed by atoms with Gasteiger partial charge in [-0.2, -0.15) is 0 Å². The quantitative estimate of drug-likeness (QED) is 0.930. The van der Waals surface area contributed by atoms with Crippen molar-refractivity contribution in [1.82, 2.24) is 10.3 Å². The summed E-state index contributed by atoms with van der Waals surface area (Å²) in [6.07, 6.45) is 2.61. The highest BCUT2D eigenvalue weighted by atomic mass is 16.6. The van der Waals surface area contributed by atoms with Crippen molar-refractivity contribution in [3.63, 3.8) is 0 Å². The van der Waals surface area contributed by atoms with E-state index in [4.69, 9.17) is 4.74 Å². The monoisotopic (exact) mass is 291 g/mol. The van der Waals surface area contributed by atoms with Gasteiger partial charge in [0.1, 0.15) is 11.4 Å². The highest BCUT2D eigenvalue weighted by Gasteiger charge is 2.24. The van der Waals surface area contributed by atoms with Crippen LogP contribution in [-0.4, -0.2) is 36.3 Å². The number of hydrogen-bond donors (Lipinski definition) is 1. The first kappa shape index (κ1) is 15.6. The number of alkyl carbamates (subject to hydrolysis) is 1. The van der Waals surface area contributed by atoms with E-state index in [2.05, 4.69) is 27.3 Å². The van der Waals surface area contributed by atoms with Crippen molar-refractivity contribution in [3.05, 3.63) is 23.9 Å². The number of aromatic nitrogens is 1. The third kappa shape index (κ3) is 4.92. The van der Waals surface area contributed by atoms with Crippen molar-refractivity contribution in [3.8, 4) is 0 Å². The molecule has 0 radical (unpaired) electrons. The fourth-order valence-corrected chi connectivity index (χ4v) is 2.40. The number of amides is 1. The normalized spacial score (nSPS) is 18.7. The first-order chi connectivity index (χ1) is 9.83. The molecule has 0 spiro atoms. The molecule has 1 aromatic rings. The molecule has 1 atom stereocenters. The van der Waals surface area contributed by atoms with Crippen LogP contribution in [0.15, 0.2) is 18.3 Å². The Morgan fingerprint density at radius 1 is 1.48 bits per heavy atom. The molecule has 1 aliphatic heterocycles. The summed E-state index contributed by atoms with van der Waals surface area (Å²) in [6.45, 7) is 10.2. The Hall–Kier alpha value is -1.78. The van der Waals surface area contributed by atoms with Gasteiger partial charge < -0.3 is 15.0 Å². The Morgan fingerprint density at radius 2 is 2.24 bits per heavy atom. The zero-order valence-corrected chi connectivity index (χ0v) is 13.3. The average Bonchev–Trinajstić information content (AvgIpc) is 2.84. The maximum Gasteiger partial charge on any atom is 0.407 e. The summed E-state index contributed by atoms with van der Waals surface area (Å²) in [7, 11) is 0. The van der Waals surface area contributed by atoms with Gasteiger partial charge in [0.05, 0.1) is 0 Å². The minimum absolute atomic E-state index is 0.339. The summed E-state index contributed by atoms with van der Waals surface area (Å²) >= 11 is 0. The van der Waals surface area contributed by atoms with Gasteiger partial charge in [-0.25, -0.2) is 9.78 Å². The summed E-state index contributed by atoms with van der Waals surface area (Å²) in [5.74, 6) is 1.46. The lowest BCUT2D eigenvalue weighted by molar-refractivity contribution is 0.0520. The molecule has 0 aromatic carbocycles. The second kappa shape index (κ2) is 6.33. The Balaban J connectivity index is 1.78. The molecule has 1 aliphatic rings. The molecule has 21 heavy (non-hydrogen) atoms. The fourth-order valence-electron chi connectivity index (χ4n) is 2.40. The van der Waals surface area contributed by atoms with Crippen molar-refractivity contribution in [1.29, 1.82) is 0 Å². The number of pyridine rings is 1. The SMILES string of the molecule is Cc1ccc(N2CC[C@H](CNC(=O)OC(C)(C)C)C2)nc1. The van der Waals surface area contributed by atoms with Crippen LogP contribution in [0.2, 0.25) is 0 Å². The Morgan fingerprint density at radius 3 is 2.86 bits per heavy atom. The first-order valence-corrected chi connectivity index (χ1v) is 7.48. The highest BCUT2D eigenvalue weighted by molar-refractivity contribution is 5.67. The van der Waals surface area contributed by atoms with E-state index >= 15 is 0 Å². The maximum absolute atomic E-state index is 11.6. The molecule has 0 saturated carbocycles. The van der Waals surface area contributed by atoms with Gasteiger partial charge >= 0.3 is 6.09 Å². The average molecular weight is 291 g/mol. The maximum atomic E-state index is 11.6. The molecular formula is C16H25N3O2. The van der Waals surface area contributed by atoms with Crippen molar-refractivity contribution < 1.29 is 9.53 Å². The predicted molar refractivity (Wildman–Crippen MR) is 83.5 cm³/mol. The van der Waals surface area contributed by atoms with E-state index in [0.29, 0.717) is 12.5 Å². The van der Waals surface area contributed by atoms with Crippen molar-refractivity contribution >= 4 is 11.9 Å². The molecule has 1 amide bonds. The van der Waals surface area contributed by atoms with Gasteiger partial charge in [0.2, 0.25) is 0 Å². The highest BCUT2D eigenvalue weighted by Crippen LogP contribution is 2.21. The lowest BCUT2D eigenvalue weighted by Gasteiger charge is -2.21. The molecule has 1 aromatic heterocycles. The Labute approximate surface area is 126 Å². The lowest BCUT2D eigenvalue weighted by Crippen LogP contribution is -2.36. The van der Waals surface area contributed by atoms with Gasteiger partial charge in [-0.15, -0.1) is 0 Å². The number of nitrogens with one attached hydrogen (secondary N) is 1. The van der Waals surface area contributed by atoms with Gasteiger partial charge in [-0.1, -0.05) is 6.07 Å². The van der Waals surface area contributed by atoms with Crippen molar-refractivity contribution in [2.24, 2.45) is 5.92 Å². The van der Waals surface area contributed by atoms with E-state index in [1.807, 2.05) is 33.9 Å². The van der Waals surface area contributed by atoms with Crippen LogP contribution in [0.25, 0.3) is 0 Å². The molecule has 5 nitrogen and oxygen atoms in total. The second-order valence-electron chi connectivity index (χ2n) is 6.68. The summed E-state index contributed by atoms with van der Waals surface area (Å²) < 4.78 is 5.25. The van der Waals surface area contributed by atoms with Gasteiger partial charge in [0.25, 0.3) is 0 Å². The summed E-state index contributed by atoms with van der Waals surface area (Å²) in [6, 6.07) is 4.13. The van der Waals surface area contributed by atoms with E-state index in [9.17, 15) is 4.79 Å². The smallest absolute Gasteiger partial charge is 0.407 e. The van der Waals surface area contributed by atoms with E-state index in [-0.39, 0.29) is 6.09 Å². The summed E-state index contributed by atoms with van der Waals surface area (Å²) in [5, 5.41) is 2.85. The van der Waals surface area contributed by atoms with Gasteiger partial charge in [-0.05, 0) is 51.7 Å². The molecule has 1 fully saturated rings. The van der Waals surface area contributed by atoms with Gasteiger partial charge in [0.15, 0.2) is 0 Å². The molecule has 2 heterocycles. The van der Waals surface area contributed by atoms with E-state index in [1.165, 1.54) is 5.56 Å². The van der Waals surface area contributed by atoms with E-state index in [1.54, 1.807) is 0 Å². The standard InChI is InChI=1S/C16H25N3O2/c1-12-5-6-14(17-9-12)19-8-7-13(11-19)10-18-15(20)21-16(2,3)4/h5-6,9,13H,7-8,10-11H2,1-4H3,(H,18,20)/t13-/m1/s1. The zero-order chi connectivity index (χ0) is 15.5. The number of nitrogens with zero attached hydrogens (tertiary/aromatic N) is 2. The van der Waals surface area contributed by atoms with Crippen LogP contribution < -0.4 is 10.2 Å².